The first kappa shape index (κ1) is 14.1. The first-order chi connectivity index (χ1) is 9.01. The zero-order valence-electron chi connectivity index (χ0n) is 9.95. The summed E-state index contributed by atoms with van der Waals surface area (Å²) in [6.45, 7) is -0.988. The fraction of sp³-hybridized carbons (Fsp3) is 0.417. The number of ether oxygens (including phenoxy) is 1. The van der Waals surface area contributed by atoms with Crippen molar-refractivity contribution in [1.82, 2.24) is 9.55 Å². The summed E-state index contributed by atoms with van der Waals surface area (Å²) in [6, 6.07) is 7.37. The van der Waals surface area contributed by atoms with Gasteiger partial charge in [0.05, 0.1) is 23.5 Å². The Bertz CT molecular complexity index is 553. The van der Waals surface area contributed by atoms with Crippen molar-refractivity contribution in [1.29, 1.82) is 0 Å². The van der Waals surface area contributed by atoms with E-state index in [0.717, 1.165) is 11.0 Å². The maximum atomic E-state index is 12.0. The van der Waals surface area contributed by atoms with E-state index in [1.165, 1.54) is 0 Å². The number of rotatable bonds is 5. The van der Waals surface area contributed by atoms with Gasteiger partial charge in [0, 0.05) is 6.54 Å². The third-order valence-corrected chi connectivity index (χ3v) is 2.82. The molecule has 2 rings (SSSR count). The Morgan fingerprint density at radius 3 is 2.68 bits per heavy atom. The highest BCUT2D eigenvalue weighted by Gasteiger charge is 2.27. The van der Waals surface area contributed by atoms with E-state index in [1.54, 1.807) is 4.57 Å². The van der Waals surface area contributed by atoms with Crippen LogP contribution in [-0.4, -0.2) is 28.9 Å². The quantitative estimate of drug-likeness (QED) is 0.624. The Labute approximate surface area is 112 Å². The number of para-hydroxylation sites is 2. The van der Waals surface area contributed by atoms with Gasteiger partial charge in [0.15, 0.2) is 0 Å². The molecule has 0 aliphatic carbocycles. The maximum Gasteiger partial charge on any atom is 0.411 e. The Balaban J connectivity index is 2.07. The van der Waals surface area contributed by atoms with Gasteiger partial charge >= 0.3 is 6.18 Å². The normalized spacial score (nSPS) is 12.2. The number of nitrogens with zero attached hydrogens (tertiary/aromatic N) is 2. The minimum Gasteiger partial charge on any atom is -0.370 e. The molecule has 3 nitrogen and oxygen atoms in total. The van der Waals surface area contributed by atoms with Crippen molar-refractivity contribution in [3.8, 4) is 0 Å². The SMILES string of the molecule is FC(F)(F)COCCn1c(CCl)nc2ccccc21. The van der Waals surface area contributed by atoms with Gasteiger partial charge in [-0.15, -0.1) is 11.6 Å². The largest absolute Gasteiger partial charge is 0.411 e. The van der Waals surface area contributed by atoms with E-state index in [1.807, 2.05) is 24.3 Å². The highest BCUT2D eigenvalue weighted by Crippen LogP contribution is 2.18. The number of alkyl halides is 4. The lowest BCUT2D eigenvalue weighted by Gasteiger charge is -2.10. The number of halogens is 4. The zero-order chi connectivity index (χ0) is 13.9. The number of hydrogen-bond donors (Lipinski definition) is 0. The van der Waals surface area contributed by atoms with Crippen molar-refractivity contribution >= 4 is 22.6 Å². The minimum absolute atomic E-state index is 0.0379. The Morgan fingerprint density at radius 2 is 2.00 bits per heavy atom. The molecule has 0 aliphatic rings. The number of imidazole rings is 1. The molecule has 7 heteroatoms. The van der Waals surface area contributed by atoms with Gasteiger partial charge in [-0.05, 0) is 12.1 Å². The molecule has 0 fully saturated rings. The van der Waals surface area contributed by atoms with Crippen molar-refractivity contribution in [2.75, 3.05) is 13.2 Å². The average Bonchev–Trinajstić information content (AvgIpc) is 2.71. The molecule has 104 valence electrons. The molecule has 0 unspecified atom stereocenters. The standard InChI is InChI=1S/C12H12ClF3N2O/c13-7-11-17-9-3-1-2-4-10(9)18(11)5-6-19-8-12(14,15)16/h1-4H,5-8H2. The van der Waals surface area contributed by atoms with Crippen LogP contribution in [0.2, 0.25) is 0 Å². The first-order valence-electron chi connectivity index (χ1n) is 5.66. The zero-order valence-corrected chi connectivity index (χ0v) is 10.7. The van der Waals surface area contributed by atoms with Crippen LogP contribution in [0.3, 0.4) is 0 Å². The minimum atomic E-state index is -4.30. The van der Waals surface area contributed by atoms with E-state index in [9.17, 15) is 13.2 Å². The highest BCUT2D eigenvalue weighted by molar-refractivity contribution is 6.16. The Kier molecular flexibility index (Phi) is 4.31. The number of aromatic nitrogens is 2. The van der Waals surface area contributed by atoms with E-state index in [0.29, 0.717) is 12.4 Å². The fourth-order valence-electron chi connectivity index (χ4n) is 1.82. The molecular formula is C12H12ClF3N2O. The first-order valence-corrected chi connectivity index (χ1v) is 6.19. The molecular weight excluding hydrogens is 281 g/mol. The van der Waals surface area contributed by atoms with Gasteiger partial charge in [0.2, 0.25) is 0 Å². The molecule has 0 bridgehead atoms. The summed E-state index contributed by atoms with van der Waals surface area (Å²) in [6.07, 6.45) is -4.30. The van der Waals surface area contributed by atoms with Gasteiger partial charge in [0.25, 0.3) is 0 Å². The summed E-state index contributed by atoms with van der Waals surface area (Å²) in [5.41, 5.74) is 1.61. The van der Waals surface area contributed by atoms with Crippen LogP contribution in [0.25, 0.3) is 11.0 Å². The number of hydrogen-bond acceptors (Lipinski definition) is 2. The molecule has 0 amide bonds. The van der Waals surface area contributed by atoms with Crippen LogP contribution < -0.4 is 0 Å². The summed E-state index contributed by atoms with van der Waals surface area (Å²) in [5, 5.41) is 0. The van der Waals surface area contributed by atoms with E-state index < -0.39 is 12.8 Å². The molecule has 0 saturated heterocycles. The van der Waals surface area contributed by atoms with Crippen molar-refractivity contribution < 1.29 is 17.9 Å². The van der Waals surface area contributed by atoms with Crippen LogP contribution in [0.5, 0.6) is 0 Å². The molecule has 0 saturated carbocycles. The summed E-state index contributed by atoms with van der Waals surface area (Å²) < 4.78 is 42.2. The van der Waals surface area contributed by atoms with Gasteiger partial charge < -0.3 is 9.30 Å². The highest BCUT2D eigenvalue weighted by atomic mass is 35.5. The van der Waals surface area contributed by atoms with Crippen molar-refractivity contribution in [3.05, 3.63) is 30.1 Å². The molecule has 1 aromatic heterocycles. The third kappa shape index (κ3) is 3.61. The molecule has 1 aromatic carbocycles. The van der Waals surface area contributed by atoms with Crippen LogP contribution in [0, 0.1) is 0 Å². The van der Waals surface area contributed by atoms with E-state index >= 15 is 0 Å². The second kappa shape index (κ2) is 5.79. The fourth-order valence-corrected chi connectivity index (χ4v) is 2.02. The van der Waals surface area contributed by atoms with E-state index in [-0.39, 0.29) is 12.5 Å². The van der Waals surface area contributed by atoms with Crippen LogP contribution in [0.15, 0.2) is 24.3 Å². The smallest absolute Gasteiger partial charge is 0.370 e. The lowest BCUT2D eigenvalue weighted by molar-refractivity contribution is -0.174. The maximum absolute atomic E-state index is 12.0. The second-order valence-corrected chi connectivity index (χ2v) is 4.24. The van der Waals surface area contributed by atoms with Crippen LogP contribution in [0.4, 0.5) is 13.2 Å². The van der Waals surface area contributed by atoms with Crippen LogP contribution in [-0.2, 0) is 17.2 Å². The monoisotopic (exact) mass is 292 g/mol. The summed E-state index contributed by atoms with van der Waals surface area (Å²) >= 11 is 5.78. The molecule has 19 heavy (non-hydrogen) atoms. The molecule has 0 atom stereocenters. The Morgan fingerprint density at radius 1 is 1.26 bits per heavy atom. The number of fused-ring (bicyclic) bond motifs is 1. The predicted octanol–water partition coefficient (Wildman–Crippen LogP) is 3.35. The number of benzene rings is 1. The second-order valence-electron chi connectivity index (χ2n) is 3.97. The van der Waals surface area contributed by atoms with Gasteiger partial charge in [0.1, 0.15) is 12.4 Å². The van der Waals surface area contributed by atoms with E-state index in [2.05, 4.69) is 9.72 Å². The van der Waals surface area contributed by atoms with Crippen LogP contribution in [0.1, 0.15) is 5.82 Å². The Hall–Kier alpha value is -1.27. The molecule has 0 spiro atoms. The van der Waals surface area contributed by atoms with Gasteiger partial charge in [-0.2, -0.15) is 13.2 Å². The molecule has 0 N–H and O–H groups in total. The third-order valence-electron chi connectivity index (χ3n) is 2.58. The van der Waals surface area contributed by atoms with Crippen molar-refractivity contribution in [2.45, 2.75) is 18.6 Å². The van der Waals surface area contributed by atoms with Gasteiger partial charge in [-0.1, -0.05) is 12.1 Å². The predicted molar refractivity (Wildman–Crippen MR) is 66.2 cm³/mol. The van der Waals surface area contributed by atoms with E-state index in [4.69, 9.17) is 11.6 Å². The lowest BCUT2D eigenvalue weighted by atomic mass is 10.3. The van der Waals surface area contributed by atoms with Gasteiger partial charge in [-0.25, -0.2) is 4.98 Å². The summed E-state index contributed by atoms with van der Waals surface area (Å²) in [7, 11) is 0. The lowest BCUT2D eigenvalue weighted by Crippen LogP contribution is -2.19. The molecule has 0 aliphatic heterocycles. The molecule has 1 heterocycles. The topological polar surface area (TPSA) is 27.1 Å². The van der Waals surface area contributed by atoms with Crippen molar-refractivity contribution in [3.63, 3.8) is 0 Å². The van der Waals surface area contributed by atoms with Crippen molar-refractivity contribution in [2.24, 2.45) is 0 Å². The molecule has 0 radical (unpaired) electrons. The summed E-state index contributed by atoms with van der Waals surface area (Å²) in [4.78, 5) is 4.31. The molecule has 2 aromatic rings. The average molecular weight is 293 g/mol. The van der Waals surface area contributed by atoms with Gasteiger partial charge in [-0.3, -0.25) is 0 Å². The van der Waals surface area contributed by atoms with Crippen LogP contribution >= 0.6 is 11.6 Å². The summed E-state index contributed by atoms with van der Waals surface area (Å²) in [5.74, 6) is 0.826.